The van der Waals surface area contributed by atoms with Gasteiger partial charge in [-0.2, -0.15) is 0 Å². The van der Waals surface area contributed by atoms with E-state index in [2.05, 4.69) is 9.71 Å². The van der Waals surface area contributed by atoms with Crippen LogP contribution in [0.2, 0.25) is 10.0 Å². The maximum absolute atomic E-state index is 12.6. The number of methoxy groups -OCH3 is 1. The summed E-state index contributed by atoms with van der Waals surface area (Å²) in [5.74, 6) is 0.247. The van der Waals surface area contributed by atoms with E-state index in [0.29, 0.717) is 16.5 Å². The Morgan fingerprint density at radius 1 is 1.19 bits per heavy atom. The van der Waals surface area contributed by atoms with Crippen LogP contribution in [0.4, 0.5) is 0 Å². The largest absolute Gasteiger partial charge is 0.495 e. The molecule has 0 radical (unpaired) electrons. The Morgan fingerprint density at radius 3 is 2.69 bits per heavy atom. The normalized spacial score (nSPS) is 11.8. The van der Waals surface area contributed by atoms with Crippen molar-refractivity contribution < 1.29 is 13.2 Å². The van der Waals surface area contributed by atoms with Gasteiger partial charge in [0.15, 0.2) is 0 Å². The molecule has 8 heteroatoms. The van der Waals surface area contributed by atoms with Gasteiger partial charge in [0, 0.05) is 22.6 Å². The van der Waals surface area contributed by atoms with Gasteiger partial charge in [0.1, 0.15) is 10.6 Å². The van der Waals surface area contributed by atoms with Crippen LogP contribution in [0.25, 0.3) is 10.9 Å². The Labute approximate surface area is 162 Å². The number of ether oxygens (including phenoxy) is 1. The smallest absolute Gasteiger partial charge is 0.244 e. The van der Waals surface area contributed by atoms with E-state index in [1.807, 2.05) is 25.1 Å². The average molecular weight is 413 g/mol. The summed E-state index contributed by atoms with van der Waals surface area (Å²) < 4.78 is 33.0. The Kier molecular flexibility index (Phi) is 5.48. The highest BCUT2D eigenvalue weighted by Gasteiger charge is 2.20. The number of halogens is 2. The van der Waals surface area contributed by atoms with E-state index in [1.165, 1.54) is 19.2 Å². The van der Waals surface area contributed by atoms with Gasteiger partial charge in [-0.3, -0.25) is 0 Å². The van der Waals surface area contributed by atoms with Crippen molar-refractivity contribution in [2.75, 3.05) is 13.7 Å². The molecule has 0 saturated carbocycles. The standard InChI is InChI=1S/C18H18Cl2N2O3S/c1-11-13(14-4-3-5-15(20)18(14)22-11)8-9-21-26(23,24)17-10-12(19)6-7-16(17)25-2/h3-7,10,21-22H,8-9H2,1-2H3. The van der Waals surface area contributed by atoms with Crippen LogP contribution >= 0.6 is 23.2 Å². The van der Waals surface area contributed by atoms with Gasteiger partial charge >= 0.3 is 0 Å². The third-order valence-corrected chi connectivity index (χ3v) is 6.22. The minimum absolute atomic E-state index is 0.0196. The van der Waals surface area contributed by atoms with Crippen LogP contribution in [-0.4, -0.2) is 27.1 Å². The molecule has 0 spiro atoms. The fourth-order valence-corrected chi connectivity index (χ4v) is 4.62. The molecule has 1 heterocycles. The topological polar surface area (TPSA) is 71.2 Å². The number of hydrogen-bond donors (Lipinski definition) is 2. The lowest BCUT2D eigenvalue weighted by Crippen LogP contribution is -2.26. The average Bonchev–Trinajstić information content (AvgIpc) is 2.92. The summed E-state index contributed by atoms with van der Waals surface area (Å²) >= 11 is 12.1. The second kappa shape index (κ2) is 7.48. The Morgan fingerprint density at radius 2 is 1.96 bits per heavy atom. The number of nitrogens with one attached hydrogen (secondary N) is 2. The first-order valence-corrected chi connectivity index (χ1v) is 10.2. The fourth-order valence-electron chi connectivity index (χ4n) is 2.94. The van der Waals surface area contributed by atoms with Crippen molar-refractivity contribution in [1.82, 2.24) is 9.71 Å². The van der Waals surface area contributed by atoms with Gasteiger partial charge in [-0.15, -0.1) is 0 Å². The third kappa shape index (κ3) is 3.69. The summed E-state index contributed by atoms with van der Waals surface area (Å²) in [5.41, 5.74) is 2.86. The molecule has 1 aromatic heterocycles. The number of aryl methyl sites for hydroxylation is 1. The molecule has 3 rings (SSSR count). The van der Waals surface area contributed by atoms with Crippen molar-refractivity contribution >= 4 is 44.1 Å². The van der Waals surface area contributed by atoms with E-state index in [4.69, 9.17) is 27.9 Å². The van der Waals surface area contributed by atoms with Gasteiger partial charge in [-0.05, 0) is 43.2 Å². The maximum atomic E-state index is 12.6. The molecule has 26 heavy (non-hydrogen) atoms. The third-order valence-electron chi connectivity index (χ3n) is 4.19. The van der Waals surface area contributed by atoms with Crippen LogP contribution in [0.15, 0.2) is 41.3 Å². The summed E-state index contributed by atoms with van der Waals surface area (Å²) in [5, 5.41) is 1.96. The number of aromatic amines is 1. The molecule has 0 aliphatic heterocycles. The number of fused-ring (bicyclic) bond motifs is 1. The lowest BCUT2D eigenvalue weighted by molar-refractivity contribution is 0.402. The van der Waals surface area contributed by atoms with Crippen molar-refractivity contribution in [3.63, 3.8) is 0 Å². The quantitative estimate of drug-likeness (QED) is 0.633. The van der Waals surface area contributed by atoms with Gasteiger partial charge in [0.2, 0.25) is 10.0 Å². The van der Waals surface area contributed by atoms with E-state index in [9.17, 15) is 8.42 Å². The number of H-pyrrole nitrogens is 1. The molecule has 2 N–H and O–H groups in total. The zero-order valence-electron chi connectivity index (χ0n) is 14.3. The van der Waals surface area contributed by atoms with Gasteiger partial charge < -0.3 is 9.72 Å². The SMILES string of the molecule is COc1ccc(Cl)cc1S(=O)(=O)NCCc1c(C)[nH]c2c(Cl)cccc12. The molecule has 0 atom stereocenters. The molecule has 5 nitrogen and oxygen atoms in total. The minimum atomic E-state index is -3.75. The number of rotatable bonds is 6. The number of para-hydroxylation sites is 1. The van der Waals surface area contributed by atoms with Crippen LogP contribution in [0.1, 0.15) is 11.3 Å². The zero-order chi connectivity index (χ0) is 18.9. The monoisotopic (exact) mass is 412 g/mol. The summed E-state index contributed by atoms with van der Waals surface area (Å²) in [7, 11) is -2.33. The summed E-state index contributed by atoms with van der Waals surface area (Å²) in [6.07, 6.45) is 0.522. The molecule has 0 bridgehead atoms. The molecule has 0 fully saturated rings. The molecule has 138 valence electrons. The molecular formula is C18H18Cl2N2O3S. The molecule has 0 saturated heterocycles. The first-order valence-electron chi connectivity index (χ1n) is 7.92. The second-order valence-corrected chi connectivity index (χ2v) is 8.41. The van der Waals surface area contributed by atoms with Gasteiger partial charge in [0.25, 0.3) is 0 Å². The van der Waals surface area contributed by atoms with Crippen LogP contribution in [-0.2, 0) is 16.4 Å². The first-order chi connectivity index (χ1) is 12.3. The van der Waals surface area contributed by atoms with E-state index in [-0.39, 0.29) is 17.2 Å². The number of aromatic nitrogens is 1. The summed E-state index contributed by atoms with van der Waals surface area (Å²) in [6.45, 7) is 2.18. The second-order valence-electron chi connectivity index (χ2n) is 5.83. The van der Waals surface area contributed by atoms with E-state index >= 15 is 0 Å². The maximum Gasteiger partial charge on any atom is 0.244 e. The summed E-state index contributed by atoms with van der Waals surface area (Å²) in [6, 6.07) is 10.1. The molecule has 0 unspecified atom stereocenters. The van der Waals surface area contributed by atoms with Crippen molar-refractivity contribution in [2.45, 2.75) is 18.2 Å². The number of hydrogen-bond acceptors (Lipinski definition) is 3. The van der Waals surface area contributed by atoms with Gasteiger partial charge in [-0.25, -0.2) is 13.1 Å². The van der Waals surface area contributed by atoms with Crippen LogP contribution in [0.3, 0.4) is 0 Å². The lowest BCUT2D eigenvalue weighted by atomic mass is 10.1. The zero-order valence-corrected chi connectivity index (χ0v) is 16.6. The molecule has 0 amide bonds. The van der Waals surface area contributed by atoms with Crippen molar-refractivity contribution in [3.05, 3.63) is 57.7 Å². The Bertz CT molecular complexity index is 1060. The van der Waals surface area contributed by atoms with Crippen molar-refractivity contribution in [2.24, 2.45) is 0 Å². The minimum Gasteiger partial charge on any atom is -0.495 e. The predicted molar refractivity (Wildman–Crippen MR) is 105 cm³/mol. The highest BCUT2D eigenvalue weighted by molar-refractivity contribution is 7.89. The van der Waals surface area contributed by atoms with Gasteiger partial charge in [-0.1, -0.05) is 35.3 Å². The van der Waals surface area contributed by atoms with E-state index < -0.39 is 10.0 Å². The van der Waals surface area contributed by atoms with E-state index in [1.54, 1.807) is 6.07 Å². The Balaban J connectivity index is 1.81. The molecular weight excluding hydrogens is 395 g/mol. The van der Waals surface area contributed by atoms with Crippen LogP contribution in [0, 0.1) is 6.92 Å². The highest BCUT2D eigenvalue weighted by atomic mass is 35.5. The summed E-state index contributed by atoms with van der Waals surface area (Å²) in [4.78, 5) is 3.27. The Hall–Kier alpha value is -1.73. The van der Waals surface area contributed by atoms with Crippen LogP contribution in [0.5, 0.6) is 5.75 Å². The number of benzene rings is 2. The van der Waals surface area contributed by atoms with E-state index in [0.717, 1.165) is 22.2 Å². The van der Waals surface area contributed by atoms with Crippen molar-refractivity contribution in [1.29, 1.82) is 0 Å². The molecule has 2 aromatic carbocycles. The van der Waals surface area contributed by atoms with Gasteiger partial charge in [0.05, 0.1) is 17.6 Å². The van der Waals surface area contributed by atoms with Crippen molar-refractivity contribution in [3.8, 4) is 5.75 Å². The van der Waals surface area contributed by atoms with Crippen LogP contribution < -0.4 is 9.46 Å². The molecule has 0 aliphatic carbocycles. The predicted octanol–water partition coefficient (Wildman–Crippen LogP) is 4.31. The lowest BCUT2D eigenvalue weighted by Gasteiger charge is -2.11. The highest BCUT2D eigenvalue weighted by Crippen LogP contribution is 2.29. The molecule has 3 aromatic rings. The fraction of sp³-hybridized carbons (Fsp3) is 0.222. The number of sulfonamides is 1. The first kappa shape index (κ1) is 19.0. The molecule has 0 aliphatic rings.